The zero-order valence-electron chi connectivity index (χ0n) is 12.4. The van der Waals surface area contributed by atoms with Gasteiger partial charge in [0.15, 0.2) is 0 Å². The fourth-order valence-electron chi connectivity index (χ4n) is 1.84. The highest BCUT2D eigenvalue weighted by Gasteiger charge is 2.05. The van der Waals surface area contributed by atoms with Gasteiger partial charge in [-0.25, -0.2) is 4.39 Å². The first-order chi connectivity index (χ1) is 10.5. The molecule has 0 aromatic heterocycles. The molecule has 0 spiro atoms. The van der Waals surface area contributed by atoms with Gasteiger partial charge in [-0.3, -0.25) is 4.79 Å². The fraction of sp³-hybridized carbons (Fsp3) is 0.188. The Kier molecular flexibility index (Phi) is 5.22. The van der Waals surface area contributed by atoms with Crippen LogP contribution in [0, 0.1) is 5.82 Å². The zero-order valence-corrected chi connectivity index (χ0v) is 13.1. The lowest BCUT2D eigenvalue weighted by atomic mass is 10.2. The smallest absolute Gasteiger partial charge is 0.243 e. The van der Waals surface area contributed by atoms with Gasteiger partial charge in [-0.15, -0.1) is 0 Å². The first-order valence-electron chi connectivity index (χ1n) is 6.72. The summed E-state index contributed by atoms with van der Waals surface area (Å²) in [6.07, 6.45) is 0. The lowest BCUT2D eigenvalue weighted by molar-refractivity contribution is -0.114. The highest BCUT2D eigenvalue weighted by atomic mass is 35.5. The van der Waals surface area contributed by atoms with Crippen LogP contribution in [0.2, 0.25) is 5.02 Å². The molecule has 0 aliphatic rings. The van der Waals surface area contributed by atoms with E-state index in [1.54, 1.807) is 0 Å². The van der Waals surface area contributed by atoms with Crippen LogP contribution in [-0.4, -0.2) is 26.5 Å². The van der Waals surface area contributed by atoms with Gasteiger partial charge in [-0.1, -0.05) is 11.6 Å². The van der Waals surface area contributed by atoms with E-state index in [1.807, 2.05) is 43.3 Å². The topological polar surface area (TPSA) is 44.4 Å². The van der Waals surface area contributed by atoms with Crippen LogP contribution in [0.15, 0.2) is 42.5 Å². The molecular weight excluding hydrogens is 305 g/mol. The highest BCUT2D eigenvalue weighted by molar-refractivity contribution is 6.31. The van der Waals surface area contributed by atoms with Gasteiger partial charge in [0, 0.05) is 31.2 Å². The van der Waals surface area contributed by atoms with Crippen LogP contribution < -0.4 is 15.5 Å². The second-order valence-corrected chi connectivity index (χ2v) is 5.38. The summed E-state index contributed by atoms with van der Waals surface area (Å²) in [4.78, 5) is 13.8. The van der Waals surface area contributed by atoms with Crippen LogP contribution in [0.25, 0.3) is 0 Å². The number of amides is 1. The van der Waals surface area contributed by atoms with Crippen molar-refractivity contribution in [3.63, 3.8) is 0 Å². The van der Waals surface area contributed by atoms with Crippen LogP contribution in [-0.2, 0) is 4.79 Å². The van der Waals surface area contributed by atoms with E-state index in [0.717, 1.165) is 11.4 Å². The van der Waals surface area contributed by atoms with Crippen LogP contribution in [0.1, 0.15) is 0 Å². The maximum atomic E-state index is 13.0. The van der Waals surface area contributed by atoms with E-state index in [9.17, 15) is 9.18 Å². The Morgan fingerprint density at radius 1 is 1.14 bits per heavy atom. The summed E-state index contributed by atoms with van der Waals surface area (Å²) in [5.41, 5.74) is 2.36. The molecule has 0 atom stereocenters. The van der Waals surface area contributed by atoms with Gasteiger partial charge in [0.2, 0.25) is 5.91 Å². The molecule has 1 amide bonds. The number of benzene rings is 2. The molecule has 0 bridgehead atoms. The van der Waals surface area contributed by atoms with E-state index in [1.165, 1.54) is 18.2 Å². The molecule has 0 saturated carbocycles. The summed E-state index contributed by atoms with van der Waals surface area (Å²) in [6.45, 7) is 0.0669. The van der Waals surface area contributed by atoms with Gasteiger partial charge >= 0.3 is 0 Å². The predicted octanol–water partition coefficient (Wildman–Crippen LogP) is 3.60. The first kappa shape index (κ1) is 16.1. The van der Waals surface area contributed by atoms with Crippen molar-refractivity contribution in [2.75, 3.05) is 36.2 Å². The van der Waals surface area contributed by atoms with Crippen molar-refractivity contribution in [1.82, 2.24) is 0 Å². The minimum atomic E-state index is -0.488. The van der Waals surface area contributed by atoms with Gasteiger partial charge in [0.05, 0.1) is 11.6 Å². The van der Waals surface area contributed by atoms with Crippen molar-refractivity contribution in [3.8, 4) is 0 Å². The summed E-state index contributed by atoms with van der Waals surface area (Å²) in [7, 11) is 3.90. The summed E-state index contributed by atoms with van der Waals surface area (Å²) < 4.78 is 13.0. The molecule has 0 fully saturated rings. The molecule has 0 aliphatic carbocycles. The Balaban J connectivity index is 1.88. The van der Waals surface area contributed by atoms with Gasteiger partial charge in [-0.2, -0.15) is 0 Å². The molecule has 2 aromatic rings. The Bertz CT molecular complexity index is 659. The summed E-state index contributed by atoms with van der Waals surface area (Å²) in [6, 6.07) is 11.7. The van der Waals surface area contributed by atoms with Crippen LogP contribution in [0.3, 0.4) is 0 Å². The summed E-state index contributed by atoms with van der Waals surface area (Å²) in [5.74, 6) is -0.685. The molecule has 2 aromatic carbocycles. The summed E-state index contributed by atoms with van der Waals surface area (Å²) in [5, 5.41) is 5.69. The summed E-state index contributed by atoms with van der Waals surface area (Å²) >= 11 is 5.68. The number of carbonyl (C=O) groups is 1. The van der Waals surface area contributed by atoms with E-state index in [0.29, 0.717) is 5.69 Å². The molecule has 6 heteroatoms. The van der Waals surface area contributed by atoms with Crippen LogP contribution in [0.5, 0.6) is 0 Å². The van der Waals surface area contributed by atoms with E-state index in [2.05, 4.69) is 10.6 Å². The van der Waals surface area contributed by atoms with Crippen molar-refractivity contribution >= 4 is 34.6 Å². The number of anilines is 3. The number of rotatable bonds is 5. The van der Waals surface area contributed by atoms with Crippen LogP contribution >= 0.6 is 11.6 Å². The highest BCUT2D eigenvalue weighted by Crippen LogP contribution is 2.19. The number of nitrogens with one attached hydrogen (secondary N) is 2. The quantitative estimate of drug-likeness (QED) is 0.884. The Morgan fingerprint density at radius 3 is 2.36 bits per heavy atom. The Hall–Kier alpha value is -2.27. The van der Waals surface area contributed by atoms with Crippen molar-refractivity contribution in [3.05, 3.63) is 53.3 Å². The van der Waals surface area contributed by atoms with E-state index in [-0.39, 0.29) is 17.5 Å². The minimum absolute atomic E-state index is 0.0182. The molecule has 2 N–H and O–H groups in total. The monoisotopic (exact) mass is 321 g/mol. The molecule has 0 saturated heterocycles. The molecule has 0 heterocycles. The average molecular weight is 322 g/mol. The average Bonchev–Trinajstić information content (AvgIpc) is 2.49. The lowest BCUT2D eigenvalue weighted by Gasteiger charge is -2.13. The number of nitrogens with zero attached hydrogens (tertiary/aromatic N) is 1. The number of hydrogen-bond donors (Lipinski definition) is 2. The second kappa shape index (κ2) is 7.13. The molecule has 4 nitrogen and oxygen atoms in total. The number of carbonyl (C=O) groups excluding carboxylic acids is 1. The molecule has 0 radical (unpaired) electrons. The minimum Gasteiger partial charge on any atom is -0.378 e. The van der Waals surface area contributed by atoms with Gasteiger partial charge < -0.3 is 15.5 Å². The fourth-order valence-corrected chi connectivity index (χ4v) is 2.02. The third kappa shape index (κ3) is 4.36. The number of hydrogen-bond acceptors (Lipinski definition) is 3. The molecule has 0 unspecified atom stereocenters. The Labute approximate surface area is 133 Å². The van der Waals surface area contributed by atoms with E-state index in [4.69, 9.17) is 11.6 Å². The number of halogens is 2. The molecule has 116 valence electrons. The zero-order chi connectivity index (χ0) is 16.1. The maximum absolute atomic E-state index is 13.0. The second-order valence-electron chi connectivity index (χ2n) is 4.97. The van der Waals surface area contributed by atoms with E-state index >= 15 is 0 Å². The maximum Gasteiger partial charge on any atom is 0.243 e. The lowest BCUT2D eigenvalue weighted by Crippen LogP contribution is -2.21. The SMILES string of the molecule is CN(C)c1ccc(NC(=O)CNc2ccc(F)c(Cl)c2)cc1. The predicted molar refractivity (Wildman–Crippen MR) is 89.3 cm³/mol. The van der Waals surface area contributed by atoms with E-state index < -0.39 is 5.82 Å². The third-order valence-corrected chi connectivity index (χ3v) is 3.33. The first-order valence-corrected chi connectivity index (χ1v) is 7.09. The molecular formula is C16H17ClFN3O. The third-order valence-electron chi connectivity index (χ3n) is 3.04. The molecule has 22 heavy (non-hydrogen) atoms. The standard InChI is InChI=1S/C16H17ClFN3O/c1-21(2)13-6-3-11(4-7-13)20-16(22)10-19-12-5-8-15(18)14(17)9-12/h3-9,19H,10H2,1-2H3,(H,20,22). The van der Waals surface area contributed by atoms with Crippen LogP contribution in [0.4, 0.5) is 21.5 Å². The Morgan fingerprint density at radius 2 is 1.77 bits per heavy atom. The van der Waals surface area contributed by atoms with Gasteiger partial charge in [0.25, 0.3) is 0 Å². The van der Waals surface area contributed by atoms with Gasteiger partial charge in [-0.05, 0) is 42.5 Å². The van der Waals surface area contributed by atoms with Crippen molar-refractivity contribution in [2.45, 2.75) is 0 Å². The molecule has 2 rings (SSSR count). The largest absolute Gasteiger partial charge is 0.378 e. The van der Waals surface area contributed by atoms with Gasteiger partial charge in [0.1, 0.15) is 5.82 Å². The molecule has 0 aliphatic heterocycles. The van der Waals surface area contributed by atoms with Crippen molar-refractivity contribution < 1.29 is 9.18 Å². The van der Waals surface area contributed by atoms with Crippen molar-refractivity contribution in [2.24, 2.45) is 0 Å². The van der Waals surface area contributed by atoms with Crippen molar-refractivity contribution in [1.29, 1.82) is 0 Å². The normalized spacial score (nSPS) is 10.2.